The number of hydrogen-bond acceptors (Lipinski definition) is 3. The molecule has 0 saturated carbocycles. The third-order valence-corrected chi connectivity index (χ3v) is 3.84. The lowest BCUT2D eigenvalue weighted by Gasteiger charge is -2.22. The topological polar surface area (TPSA) is 53.3 Å². The van der Waals surface area contributed by atoms with Crippen LogP contribution in [0.1, 0.15) is 23.1 Å². The van der Waals surface area contributed by atoms with E-state index in [2.05, 4.69) is 6.07 Å². The molecular weight excluding hydrogens is 300 g/mol. The molecule has 2 aromatic carbocycles. The van der Waals surface area contributed by atoms with Crippen molar-refractivity contribution >= 4 is 5.91 Å². The summed E-state index contributed by atoms with van der Waals surface area (Å²) >= 11 is 0. The maximum absolute atomic E-state index is 12.6. The molecule has 0 heterocycles. The number of rotatable bonds is 8. The van der Waals surface area contributed by atoms with Gasteiger partial charge in [-0.25, -0.2) is 0 Å². The highest BCUT2D eigenvalue weighted by Crippen LogP contribution is 2.10. The summed E-state index contributed by atoms with van der Waals surface area (Å²) in [7, 11) is 1.64. The van der Waals surface area contributed by atoms with Crippen molar-refractivity contribution in [3.63, 3.8) is 0 Å². The van der Waals surface area contributed by atoms with E-state index in [1.54, 1.807) is 19.2 Å². The molecule has 1 amide bonds. The average molecular weight is 322 g/mol. The number of carbonyl (C=O) groups is 1. The van der Waals surface area contributed by atoms with Crippen LogP contribution in [0.25, 0.3) is 0 Å². The van der Waals surface area contributed by atoms with Crippen LogP contribution in [-0.2, 0) is 22.5 Å². The molecule has 0 aromatic heterocycles. The van der Waals surface area contributed by atoms with Gasteiger partial charge in [0.25, 0.3) is 0 Å². The lowest BCUT2D eigenvalue weighted by Crippen LogP contribution is -2.33. The Labute approximate surface area is 143 Å². The molecule has 0 bridgehead atoms. The Balaban J connectivity index is 1.94. The molecule has 0 fully saturated rings. The first-order chi connectivity index (χ1) is 11.7. The van der Waals surface area contributed by atoms with Crippen LogP contribution < -0.4 is 0 Å². The van der Waals surface area contributed by atoms with E-state index < -0.39 is 0 Å². The predicted molar refractivity (Wildman–Crippen MR) is 93.2 cm³/mol. The van der Waals surface area contributed by atoms with Gasteiger partial charge in [-0.1, -0.05) is 42.5 Å². The molecule has 4 heteroatoms. The molecular formula is C20H22N2O2. The van der Waals surface area contributed by atoms with Gasteiger partial charge in [0, 0.05) is 26.6 Å². The number of carbonyl (C=O) groups excluding carboxylic acids is 1. The zero-order valence-corrected chi connectivity index (χ0v) is 13.9. The van der Waals surface area contributed by atoms with Crippen LogP contribution in [0.2, 0.25) is 0 Å². The van der Waals surface area contributed by atoms with Crippen molar-refractivity contribution < 1.29 is 9.53 Å². The van der Waals surface area contributed by atoms with Gasteiger partial charge in [0.1, 0.15) is 0 Å². The van der Waals surface area contributed by atoms with Crippen molar-refractivity contribution in [3.05, 3.63) is 71.3 Å². The van der Waals surface area contributed by atoms with Crippen LogP contribution >= 0.6 is 0 Å². The van der Waals surface area contributed by atoms with Gasteiger partial charge in [-0.15, -0.1) is 0 Å². The summed E-state index contributed by atoms with van der Waals surface area (Å²) < 4.78 is 5.12. The van der Waals surface area contributed by atoms with Crippen molar-refractivity contribution in [1.82, 2.24) is 4.90 Å². The standard InChI is InChI=1S/C20H22N2O2/c1-24-14-13-22(16-19-5-3-2-4-6-19)20(23)12-11-17-7-9-18(15-21)10-8-17/h2-10H,11-14,16H2,1H3. The monoisotopic (exact) mass is 322 g/mol. The summed E-state index contributed by atoms with van der Waals surface area (Å²) in [5.74, 6) is 0.111. The average Bonchev–Trinajstić information content (AvgIpc) is 2.64. The predicted octanol–water partition coefficient (Wildman–Crippen LogP) is 3.17. The minimum Gasteiger partial charge on any atom is -0.383 e. The van der Waals surface area contributed by atoms with Crippen LogP contribution in [0, 0.1) is 11.3 Å². The highest BCUT2D eigenvalue weighted by atomic mass is 16.5. The Morgan fingerprint density at radius 2 is 1.79 bits per heavy atom. The molecule has 0 atom stereocenters. The molecule has 0 spiro atoms. The number of aryl methyl sites for hydroxylation is 1. The second-order valence-electron chi connectivity index (χ2n) is 5.60. The fraction of sp³-hybridized carbons (Fsp3) is 0.300. The lowest BCUT2D eigenvalue weighted by molar-refractivity contribution is -0.132. The first kappa shape index (κ1) is 17.7. The quantitative estimate of drug-likeness (QED) is 0.750. The molecule has 0 aliphatic rings. The Hall–Kier alpha value is -2.64. The number of ether oxygens (including phenoxy) is 1. The van der Waals surface area contributed by atoms with E-state index >= 15 is 0 Å². The fourth-order valence-corrected chi connectivity index (χ4v) is 2.45. The summed E-state index contributed by atoms with van der Waals surface area (Å²) in [6.45, 7) is 1.70. The molecule has 0 unspecified atom stereocenters. The highest BCUT2D eigenvalue weighted by Gasteiger charge is 2.13. The lowest BCUT2D eigenvalue weighted by atomic mass is 10.1. The Morgan fingerprint density at radius 1 is 1.08 bits per heavy atom. The molecule has 124 valence electrons. The van der Waals surface area contributed by atoms with E-state index in [1.807, 2.05) is 47.4 Å². The molecule has 0 aliphatic heterocycles. The summed E-state index contributed by atoms with van der Waals surface area (Å²) in [6, 6.07) is 19.4. The Kier molecular flexibility index (Phi) is 7.00. The number of nitriles is 1. The Bertz CT molecular complexity index is 675. The fourth-order valence-electron chi connectivity index (χ4n) is 2.45. The third-order valence-electron chi connectivity index (χ3n) is 3.84. The van der Waals surface area contributed by atoms with E-state index in [4.69, 9.17) is 10.00 Å². The van der Waals surface area contributed by atoms with Crippen molar-refractivity contribution in [2.24, 2.45) is 0 Å². The minimum absolute atomic E-state index is 0.111. The van der Waals surface area contributed by atoms with Crippen LogP contribution in [-0.4, -0.2) is 31.1 Å². The highest BCUT2D eigenvalue weighted by molar-refractivity contribution is 5.76. The van der Waals surface area contributed by atoms with Crippen molar-refractivity contribution in [2.75, 3.05) is 20.3 Å². The first-order valence-electron chi connectivity index (χ1n) is 8.02. The first-order valence-corrected chi connectivity index (χ1v) is 8.02. The van der Waals surface area contributed by atoms with Crippen LogP contribution in [0.3, 0.4) is 0 Å². The number of hydrogen-bond donors (Lipinski definition) is 0. The zero-order chi connectivity index (χ0) is 17.2. The van der Waals surface area contributed by atoms with Crippen molar-refractivity contribution in [3.8, 4) is 6.07 Å². The number of methoxy groups -OCH3 is 1. The molecule has 2 aromatic rings. The van der Waals surface area contributed by atoms with E-state index in [-0.39, 0.29) is 5.91 Å². The number of amides is 1. The van der Waals surface area contributed by atoms with Crippen LogP contribution in [0.5, 0.6) is 0 Å². The maximum atomic E-state index is 12.6. The minimum atomic E-state index is 0.111. The number of nitrogens with zero attached hydrogens (tertiary/aromatic N) is 2. The van der Waals surface area contributed by atoms with E-state index in [0.717, 1.165) is 11.1 Å². The molecule has 0 radical (unpaired) electrons. The summed E-state index contributed by atoms with van der Waals surface area (Å²) in [6.07, 6.45) is 1.12. The van der Waals surface area contributed by atoms with Crippen LogP contribution in [0.15, 0.2) is 54.6 Å². The van der Waals surface area contributed by atoms with Gasteiger partial charge >= 0.3 is 0 Å². The molecule has 24 heavy (non-hydrogen) atoms. The number of benzene rings is 2. The van der Waals surface area contributed by atoms with Crippen molar-refractivity contribution in [1.29, 1.82) is 5.26 Å². The van der Waals surface area contributed by atoms with Gasteiger partial charge in [-0.2, -0.15) is 5.26 Å². The summed E-state index contributed by atoms with van der Waals surface area (Å²) in [4.78, 5) is 14.4. The third kappa shape index (κ3) is 5.53. The molecule has 0 N–H and O–H groups in total. The SMILES string of the molecule is COCCN(Cc1ccccc1)C(=O)CCc1ccc(C#N)cc1. The molecule has 4 nitrogen and oxygen atoms in total. The van der Waals surface area contributed by atoms with Crippen LogP contribution in [0.4, 0.5) is 0 Å². The van der Waals surface area contributed by atoms with Gasteiger partial charge in [0.15, 0.2) is 0 Å². The van der Waals surface area contributed by atoms with Gasteiger partial charge in [-0.3, -0.25) is 4.79 Å². The van der Waals surface area contributed by atoms with Gasteiger partial charge in [-0.05, 0) is 29.7 Å². The second kappa shape index (κ2) is 9.49. The van der Waals surface area contributed by atoms with Gasteiger partial charge < -0.3 is 9.64 Å². The summed E-state index contributed by atoms with van der Waals surface area (Å²) in [5.41, 5.74) is 2.81. The zero-order valence-electron chi connectivity index (χ0n) is 13.9. The largest absolute Gasteiger partial charge is 0.383 e. The molecule has 0 saturated heterocycles. The molecule has 0 aliphatic carbocycles. The second-order valence-corrected chi connectivity index (χ2v) is 5.60. The van der Waals surface area contributed by atoms with Crippen molar-refractivity contribution in [2.45, 2.75) is 19.4 Å². The molecule has 2 rings (SSSR count). The van der Waals surface area contributed by atoms with E-state index in [9.17, 15) is 4.79 Å². The summed E-state index contributed by atoms with van der Waals surface area (Å²) in [5, 5.41) is 8.82. The maximum Gasteiger partial charge on any atom is 0.223 e. The van der Waals surface area contributed by atoms with E-state index in [1.165, 1.54) is 0 Å². The van der Waals surface area contributed by atoms with E-state index in [0.29, 0.717) is 38.1 Å². The Morgan fingerprint density at radius 3 is 2.42 bits per heavy atom. The van der Waals surface area contributed by atoms with Gasteiger partial charge in [0.2, 0.25) is 5.91 Å². The smallest absolute Gasteiger partial charge is 0.223 e. The van der Waals surface area contributed by atoms with Gasteiger partial charge in [0.05, 0.1) is 18.2 Å². The normalized spacial score (nSPS) is 10.2.